The molecule has 1 rings (SSSR count). The zero-order valence-corrected chi connectivity index (χ0v) is 11.4. The molecule has 0 bridgehead atoms. The van der Waals surface area contributed by atoms with Crippen LogP contribution in [0.4, 0.5) is 0 Å². The van der Waals surface area contributed by atoms with Crippen molar-refractivity contribution < 1.29 is 9.47 Å². The molecule has 92 valence electrons. The van der Waals surface area contributed by atoms with Crippen LogP contribution in [0.25, 0.3) is 0 Å². The highest BCUT2D eigenvalue weighted by Gasteiger charge is 2.13. The predicted molar refractivity (Wildman–Crippen MR) is 69.9 cm³/mol. The standard InChI is InChI=1S/C13H17NO2S/c1-9(2)17-10-7-12(15-3)11(5-6-14)13(8-10)16-4/h7-9H,5H2,1-4H3. The van der Waals surface area contributed by atoms with Crippen LogP contribution in [0.1, 0.15) is 19.4 Å². The summed E-state index contributed by atoms with van der Waals surface area (Å²) >= 11 is 1.74. The molecular formula is C13H17NO2S. The van der Waals surface area contributed by atoms with Crippen molar-refractivity contribution >= 4 is 11.8 Å². The fraction of sp³-hybridized carbons (Fsp3) is 0.462. The van der Waals surface area contributed by atoms with Gasteiger partial charge >= 0.3 is 0 Å². The Bertz CT molecular complexity index is 399. The van der Waals surface area contributed by atoms with E-state index in [0.717, 1.165) is 10.5 Å². The van der Waals surface area contributed by atoms with E-state index in [0.29, 0.717) is 23.2 Å². The number of nitriles is 1. The number of nitrogens with zero attached hydrogens (tertiary/aromatic N) is 1. The second kappa shape index (κ2) is 6.41. The summed E-state index contributed by atoms with van der Waals surface area (Å²) in [6, 6.07) is 6.04. The average molecular weight is 251 g/mol. The van der Waals surface area contributed by atoms with Crippen molar-refractivity contribution in [1.29, 1.82) is 5.26 Å². The third-order valence-corrected chi connectivity index (χ3v) is 3.19. The maximum absolute atomic E-state index is 8.81. The Labute approximate surface area is 107 Å². The fourth-order valence-corrected chi connectivity index (χ4v) is 2.45. The van der Waals surface area contributed by atoms with Crippen molar-refractivity contribution in [1.82, 2.24) is 0 Å². The van der Waals surface area contributed by atoms with E-state index < -0.39 is 0 Å². The lowest BCUT2D eigenvalue weighted by Gasteiger charge is -2.14. The smallest absolute Gasteiger partial charge is 0.127 e. The highest BCUT2D eigenvalue weighted by Crippen LogP contribution is 2.36. The molecule has 4 heteroatoms. The van der Waals surface area contributed by atoms with Crippen LogP contribution in [0, 0.1) is 11.3 Å². The van der Waals surface area contributed by atoms with Gasteiger partial charge in [0.25, 0.3) is 0 Å². The molecule has 1 aromatic carbocycles. The number of methoxy groups -OCH3 is 2. The maximum Gasteiger partial charge on any atom is 0.127 e. The van der Waals surface area contributed by atoms with Gasteiger partial charge in [-0.05, 0) is 12.1 Å². The van der Waals surface area contributed by atoms with Gasteiger partial charge in [-0.15, -0.1) is 11.8 Å². The molecule has 0 N–H and O–H groups in total. The van der Waals surface area contributed by atoms with Crippen LogP contribution in [0.3, 0.4) is 0 Å². The van der Waals surface area contributed by atoms with E-state index in [2.05, 4.69) is 19.9 Å². The topological polar surface area (TPSA) is 42.2 Å². The summed E-state index contributed by atoms with van der Waals surface area (Å²) in [4.78, 5) is 1.09. The first-order valence-electron chi connectivity index (χ1n) is 5.40. The van der Waals surface area contributed by atoms with Crippen molar-refractivity contribution in [3.05, 3.63) is 17.7 Å². The number of hydrogen-bond donors (Lipinski definition) is 0. The molecule has 0 heterocycles. The van der Waals surface area contributed by atoms with E-state index in [1.807, 2.05) is 12.1 Å². The first-order valence-corrected chi connectivity index (χ1v) is 6.28. The summed E-state index contributed by atoms with van der Waals surface area (Å²) in [5.74, 6) is 1.43. The summed E-state index contributed by atoms with van der Waals surface area (Å²) in [5.41, 5.74) is 0.811. The molecule has 0 spiro atoms. The zero-order valence-electron chi connectivity index (χ0n) is 10.6. The summed E-state index contributed by atoms with van der Waals surface area (Å²) in [5, 5.41) is 9.30. The highest BCUT2D eigenvalue weighted by molar-refractivity contribution is 7.99. The van der Waals surface area contributed by atoms with E-state index in [1.54, 1.807) is 26.0 Å². The van der Waals surface area contributed by atoms with Crippen LogP contribution in [0.15, 0.2) is 17.0 Å². The van der Waals surface area contributed by atoms with Crippen molar-refractivity contribution in [3.8, 4) is 17.6 Å². The first-order chi connectivity index (χ1) is 8.12. The first kappa shape index (κ1) is 13.7. The molecule has 17 heavy (non-hydrogen) atoms. The molecule has 0 aliphatic carbocycles. The molecular weight excluding hydrogens is 234 g/mol. The predicted octanol–water partition coefficient (Wildman–Crippen LogP) is 3.27. The fourth-order valence-electron chi connectivity index (χ4n) is 1.55. The minimum atomic E-state index is 0.291. The van der Waals surface area contributed by atoms with Gasteiger partial charge in [0.05, 0.1) is 32.3 Å². The number of ether oxygens (including phenoxy) is 2. The van der Waals surface area contributed by atoms with Gasteiger partial charge in [-0.1, -0.05) is 13.8 Å². The second-order valence-electron chi connectivity index (χ2n) is 3.81. The number of thioether (sulfide) groups is 1. The molecule has 0 fully saturated rings. The average Bonchev–Trinajstić information content (AvgIpc) is 2.30. The lowest BCUT2D eigenvalue weighted by molar-refractivity contribution is 0.385. The molecule has 1 aromatic rings. The van der Waals surface area contributed by atoms with Crippen molar-refractivity contribution in [2.75, 3.05) is 14.2 Å². The van der Waals surface area contributed by atoms with Gasteiger partial charge in [0.1, 0.15) is 11.5 Å². The van der Waals surface area contributed by atoms with Gasteiger partial charge in [-0.2, -0.15) is 5.26 Å². The molecule has 0 aliphatic rings. The molecule has 0 aromatic heterocycles. The lowest BCUT2D eigenvalue weighted by atomic mass is 10.1. The van der Waals surface area contributed by atoms with Gasteiger partial charge in [0.15, 0.2) is 0 Å². The SMILES string of the molecule is COc1cc(SC(C)C)cc(OC)c1CC#N. The normalized spacial score (nSPS) is 10.1. The Kier molecular flexibility index (Phi) is 5.17. The van der Waals surface area contributed by atoms with Crippen molar-refractivity contribution in [2.24, 2.45) is 0 Å². The summed E-state index contributed by atoms with van der Waals surface area (Å²) in [6.07, 6.45) is 0.291. The van der Waals surface area contributed by atoms with Gasteiger partial charge < -0.3 is 9.47 Å². The van der Waals surface area contributed by atoms with Gasteiger partial charge in [-0.25, -0.2) is 0 Å². The van der Waals surface area contributed by atoms with E-state index in [9.17, 15) is 0 Å². The van der Waals surface area contributed by atoms with Crippen LogP contribution < -0.4 is 9.47 Å². The molecule has 3 nitrogen and oxygen atoms in total. The number of hydrogen-bond acceptors (Lipinski definition) is 4. The Morgan fingerprint density at radius 2 is 1.76 bits per heavy atom. The quantitative estimate of drug-likeness (QED) is 0.753. The Balaban J connectivity index is 3.19. The van der Waals surface area contributed by atoms with E-state index >= 15 is 0 Å². The third-order valence-electron chi connectivity index (χ3n) is 2.21. The summed E-state index contributed by atoms with van der Waals surface area (Å²) in [6.45, 7) is 4.26. The third kappa shape index (κ3) is 3.57. The van der Waals surface area contributed by atoms with Gasteiger partial charge in [-0.3, -0.25) is 0 Å². The molecule has 0 atom stereocenters. The molecule has 0 saturated heterocycles. The van der Waals surface area contributed by atoms with Crippen LogP contribution in [-0.2, 0) is 6.42 Å². The summed E-state index contributed by atoms with van der Waals surface area (Å²) in [7, 11) is 3.22. The molecule has 0 unspecified atom stereocenters. The van der Waals surface area contributed by atoms with E-state index in [1.165, 1.54) is 0 Å². The Morgan fingerprint density at radius 1 is 1.24 bits per heavy atom. The van der Waals surface area contributed by atoms with Gasteiger partial charge in [0, 0.05) is 10.1 Å². The number of benzene rings is 1. The van der Waals surface area contributed by atoms with Crippen LogP contribution in [0.2, 0.25) is 0 Å². The molecule has 0 saturated carbocycles. The second-order valence-corrected chi connectivity index (χ2v) is 5.46. The zero-order chi connectivity index (χ0) is 12.8. The maximum atomic E-state index is 8.81. The monoisotopic (exact) mass is 251 g/mol. The van der Waals surface area contributed by atoms with Crippen molar-refractivity contribution in [3.63, 3.8) is 0 Å². The van der Waals surface area contributed by atoms with Crippen LogP contribution in [-0.4, -0.2) is 19.5 Å². The Hall–Kier alpha value is -1.34. The molecule has 0 amide bonds. The van der Waals surface area contributed by atoms with E-state index in [4.69, 9.17) is 14.7 Å². The Morgan fingerprint density at radius 3 is 2.12 bits per heavy atom. The minimum absolute atomic E-state index is 0.291. The van der Waals surface area contributed by atoms with Crippen LogP contribution in [0.5, 0.6) is 11.5 Å². The summed E-state index contributed by atoms with van der Waals surface area (Å²) < 4.78 is 10.6. The lowest BCUT2D eigenvalue weighted by Crippen LogP contribution is -1.97. The number of rotatable bonds is 5. The highest BCUT2D eigenvalue weighted by atomic mass is 32.2. The molecule has 0 aliphatic heterocycles. The van der Waals surface area contributed by atoms with Gasteiger partial charge in [0.2, 0.25) is 0 Å². The van der Waals surface area contributed by atoms with E-state index in [-0.39, 0.29) is 0 Å². The molecule has 0 radical (unpaired) electrons. The van der Waals surface area contributed by atoms with Crippen LogP contribution >= 0.6 is 11.8 Å². The minimum Gasteiger partial charge on any atom is -0.496 e. The van der Waals surface area contributed by atoms with Crippen molar-refractivity contribution in [2.45, 2.75) is 30.4 Å². The largest absolute Gasteiger partial charge is 0.496 e.